The van der Waals surface area contributed by atoms with Crippen molar-refractivity contribution in [2.24, 2.45) is 5.92 Å². The van der Waals surface area contributed by atoms with Crippen LogP contribution < -0.4 is 15.8 Å². The number of hydrogen-bond acceptors (Lipinski definition) is 6. The third-order valence-electron chi connectivity index (χ3n) is 4.87. The molecule has 1 atom stereocenters. The summed E-state index contributed by atoms with van der Waals surface area (Å²) in [6, 6.07) is 0. The molecule has 0 aliphatic carbocycles. The number of amides is 2. The highest BCUT2D eigenvalue weighted by atomic mass is 35.5. The Kier molecular flexibility index (Phi) is 5.97. The molecule has 2 N–H and O–H groups in total. The highest BCUT2D eigenvalue weighted by molar-refractivity contribution is 6.33. The maximum atomic E-state index is 12.0. The van der Waals surface area contributed by atoms with Gasteiger partial charge in [0.05, 0.1) is 18.4 Å². The number of nitrogens with one attached hydrogen (secondary N) is 2. The largest absolute Gasteiger partial charge is 0.444 e. The molecule has 0 aromatic carbocycles. The highest BCUT2D eigenvalue weighted by Crippen LogP contribution is 2.25. The van der Waals surface area contributed by atoms with E-state index in [1.807, 2.05) is 4.90 Å². The van der Waals surface area contributed by atoms with Gasteiger partial charge in [0, 0.05) is 32.6 Å². The molecule has 0 spiro atoms. The number of H-pyrrole nitrogens is 1. The lowest BCUT2D eigenvalue weighted by molar-refractivity contribution is -0.119. The molecule has 0 saturated carbocycles. The normalized spacial score (nSPS) is 20.9. The minimum absolute atomic E-state index is 0.0896. The van der Waals surface area contributed by atoms with Gasteiger partial charge in [-0.1, -0.05) is 11.6 Å². The highest BCUT2D eigenvalue weighted by Gasteiger charge is 2.28. The van der Waals surface area contributed by atoms with E-state index in [4.69, 9.17) is 16.3 Å². The zero-order valence-electron chi connectivity index (χ0n) is 14.3. The van der Waals surface area contributed by atoms with Crippen molar-refractivity contribution in [3.63, 3.8) is 0 Å². The Bertz CT molecular complexity index is 704. The minimum Gasteiger partial charge on any atom is -0.444 e. The smallest absolute Gasteiger partial charge is 0.407 e. The van der Waals surface area contributed by atoms with Crippen LogP contribution in [0.15, 0.2) is 11.0 Å². The van der Waals surface area contributed by atoms with Crippen LogP contribution in [0.1, 0.15) is 19.3 Å². The van der Waals surface area contributed by atoms with Crippen molar-refractivity contribution in [2.75, 3.05) is 37.6 Å². The Morgan fingerprint density at radius 3 is 2.88 bits per heavy atom. The number of rotatable bonds is 5. The molecule has 10 heteroatoms. The Balaban J connectivity index is 1.42. The van der Waals surface area contributed by atoms with E-state index < -0.39 is 11.7 Å². The van der Waals surface area contributed by atoms with Crippen LogP contribution in [0.2, 0.25) is 5.02 Å². The van der Waals surface area contributed by atoms with Crippen molar-refractivity contribution in [3.8, 4) is 0 Å². The van der Waals surface area contributed by atoms with Crippen LogP contribution >= 0.6 is 11.6 Å². The van der Waals surface area contributed by atoms with Crippen LogP contribution in [0.3, 0.4) is 0 Å². The van der Waals surface area contributed by atoms with Gasteiger partial charge in [0.1, 0.15) is 11.1 Å². The molecule has 2 fully saturated rings. The summed E-state index contributed by atoms with van der Waals surface area (Å²) in [7, 11) is 0. The molecule has 0 unspecified atom stereocenters. The maximum absolute atomic E-state index is 12.0. The van der Waals surface area contributed by atoms with E-state index in [1.165, 1.54) is 6.20 Å². The average molecular weight is 384 g/mol. The Morgan fingerprint density at radius 2 is 2.15 bits per heavy atom. The van der Waals surface area contributed by atoms with Crippen LogP contribution in [0.5, 0.6) is 0 Å². The van der Waals surface area contributed by atoms with Crippen LogP contribution in [0, 0.1) is 5.92 Å². The van der Waals surface area contributed by atoms with Crippen molar-refractivity contribution in [1.82, 2.24) is 20.4 Å². The molecule has 2 aliphatic rings. The first kappa shape index (κ1) is 18.5. The first-order valence-electron chi connectivity index (χ1n) is 8.68. The molecule has 2 saturated heterocycles. The first-order chi connectivity index (χ1) is 12.6. The summed E-state index contributed by atoms with van der Waals surface area (Å²) in [6.07, 6.45) is 4.08. The van der Waals surface area contributed by atoms with E-state index in [0.717, 1.165) is 32.3 Å². The fraction of sp³-hybridized carbons (Fsp3) is 0.625. The third kappa shape index (κ3) is 4.46. The lowest BCUT2D eigenvalue weighted by atomic mass is 9.97. The summed E-state index contributed by atoms with van der Waals surface area (Å²) in [5.41, 5.74) is 0.107. The van der Waals surface area contributed by atoms with Gasteiger partial charge in [0.2, 0.25) is 6.41 Å². The molecule has 0 bridgehead atoms. The zero-order valence-corrected chi connectivity index (χ0v) is 15.1. The zero-order chi connectivity index (χ0) is 18.5. The Labute approximate surface area is 155 Å². The van der Waals surface area contributed by atoms with Gasteiger partial charge in [-0.15, -0.1) is 0 Å². The van der Waals surface area contributed by atoms with Gasteiger partial charge >= 0.3 is 6.09 Å². The van der Waals surface area contributed by atoms with E-state index in [1.54, 1.807) is 4.90 Å². The van der Waals surface area contributed by atoms with Crippen molar-refractivity contribution in [1.29, 1.82) is 0 Å². The molecule has 3 heterocycles. The quantitative estimate of drug-likeness (QED) is 0.721. The number of carbonyl (C=O) groups excluding carboxylic acids is 2. The number of anilines is 1. The molecule has 1 aromatic heterocycles. The van der Waals surface area contributed by atoms with Gasteiger partial charge in [0.15, 0.2) is 0 Å². The van der Waals surface area contributed by atoms with Gasteiger partial charge in [-0.05, 0) is 18.8 Å². The number of aromatic amines is 1. The van der Waals surface area contributed by atoms with Crippen molar-refractivity contribution in [3.05, 3.63) is 21.6 Å². The number of halogens is 1. The molecule has 2 amide bonds. The number of alkyl carbamates (subject to hydrolysis) is 1. The maximum Gasteiger partial charge on any atom is 0.407 e. The number of ether oxygens (including phenoxy) is 1. The van der Waals surface area contributed by atoms with E-state index in [9.17, 15) is 14.4 Å². The van der Waals surface area contributed by atoms with Crippen molar-refractivity contribution >= 4 is 29.8 Å². The van der Waals surface area contributed by atoms with Crippen molar-refractivity contribution < 1.29 is 14.3 Å². The van der Waals surface area contributed by atoms with E-state index in [-0.39, 0.29) is 11.1 Å². The number of piperidine rings is 1. The van der Waals surface area contributed by atoms with Gasteiger partial charge in [-0.25, -0.2) is 9.89 Å². The molecule has 142 valence electrons. The molecule has 0 radical (unpaired) electrons. The first-order valence-corrected chi connectivity index (χ1v) is 9.06. The third-order valence-corrected chi connectivity index (χ3v) is 5.24. The van der Waals surface area contributed by atoms with Crippen LogP contribution in [-0.2, 0) is 9.53 Å². The number of aromatic nitrogens is 2. The molecular formula is C16H22ClN5O4. The predicted octanol–water partition coefficient (Wildman–Crippen LogP) is 0.597. The molecular weight excluding hydrogens is 362 g/mol. The molecule has 1 aromatic rings. The fourth-order valence-electron chi connectivity index (χ4n) is 3.32. The number of hydrogen-bond donors (Lipinski definition) is 2. The van der Waals surface area contributed by atoms with E-state index in [0.29, 0.717) is 37.7 Å². The monoisotopic (exact) mass is 383 g/mol. The summed E-state index contributed by atoms with van der Waals surface area (Å²) >= 11 is 6.01. The summed E-state index contributed by atoms with van der Waals surface area (Å²) in [4.78, 5) is 37.9. The van der Waals surface area contributed by atoms with E-state index in [2.05, 4.69) is 15.5 Å². The number of nitrogens with zero attached hydrogens (tertiary/aromatic N) is 3. The predicted molar refractivity (Wildman–Crippen MR) is 95.3 cm³/mol. The van der Waals surface area contributed by atoms with Crippen LogP contribution in [-0.4, -0.2) is 66.4 Å². The fourth-order valence-corrected chi connectivity index (χ4v) is 3.53. The minimum atomic E-state index is -0.440. The lowest BCUT2D eigenvalue weighted by Crippen LogP contribution is -2.39. The SMILES string of the molecule is O=CN1CCC(CNC(=O)O[C@@H]2CCN(c3cn[nH]c(=O)c3Cl)C2)CC1. The molecule has 9 nitrogen and oxygen atoms in total. The van der Waals surface area contributed by atoms with Crippen molar-refractivity contribution in [2.45, 2.75) is 25.4 Å². The van der Waals surface area contributed by atoms with E-state index >= 15 is 0 Å². The second-order valence-corrected chi connectivity index (χ2v) is 7.00. The summed E-state index contributed by atoms with van der Waals surface area (Å²) in [5.74, 6) is 0.361. The Morgan fingerprint density at radius 1 is 1.38 bits per heavy atom. The molecule has 3 rings (SSSR count). The molecule has 2 aliphatic heterocycles. The standard InChI is InChI=1S/C16H22ClN5O4/c17-14-13(8-19-20-15(14)24)22-6-3-12(9-22)26-16(25)18-7-11-1-4-21(10-23)5-2-11/h8,10-12H,1-7,9H2,(H,18,25)(H,20,24)/t12-/m1/s1. The second kappa shape index (κ2) is 8.39. The number of carbonyl (C=O) groups is 2. The van der Waals surface area contributed by atoms with Gasteiger partial charge in [-0.2, -0.15) is 5.10 Å². The summed E-state index contributed by atoms with van der Waals surface area (Å²) < 4.78 is 5.46. The average Bonchev–Trinajstić information content (AvgIpc) is 3.11. The lowest BCUT2D eigenvalue weighted by Gasteiger charge is -2.29. The summed E-state index contributed by atoms with van der Waals surface area (Å²) in [5, 5.41) is 8.94. The van der Waals surface area contributed by atoms with Gasteiger partial charge in [0.25, 0.3) is 5.56 Å². The topological polar surface area (TPSA) is 108 Å². The second-order valence-electron chi connectivity index (χ2n) is 6.63. The summed E-state index contributed by atoms with van der Waals surface area (Å²) in [6.45, 7) is 3.11. The van der Waals surface area contributed by atoms with Crippen LogP contribution in [0.4, 0.5) is 10.5 Å². The molecule has 26 heavy (non-hydrogen) atoms. The van der Waals surface area contributed by atoms with Gasteiger partial charge in [-0.3, -0.25) is 9.59 Å². The van der Waals surface area contributed by atoms with Crippen LogP contribution in [0.25, 0.3) is 0 Å². The Hall–Kier alpha value is -2.29. The number of likely N-dealkylation sites (tertiary alicyclic amines) is 1. The van der Waals surface area contributed by atoms with Gasteiger partial charge < -0.3 is 19.9 Å².